The van der Waals surface area contributed by atoms with Gasteiger partial charge in [0.15, 0.2) is 0 Å². The Morgan fingerprint density at radius 3 is 2.59 bits per heavy atom. The fraction of sp³-hybridized carbons (Fsp3) is 0.542. The van der Waals surface area contributed by atoms with E-state index in [4.69, 9.17) is 11.6 Å². The van der Waals surface area contributed by atoms with Crippen molar-refractivity contribution in [1.82, 2.24) is 15.6 Å². The van der Waals surface area contributed by atoms with Gasteiger partial charge in [0.1, 0.15) is 6.04 Å². The highest BCUT2D eigenvalue weighted by molar-refractivity contribution is 7.14. The summed E-state index contributed by atoms with van der Waals surface area (Å²) in [5, 5.41) is 9.94. The molecule has 3 rings (SSSR count). The van der Waals surface area contributed by atoms with Gasteiger partial charge < -0.3 is 16.0 Å². The number of halogens is 1. The zero-order chi connectivity index (χ0) is 23.3. The molecule has 6 nitrogen and oxygen atoms in total. The normalized spacial score (nSPS) is 16.1. The number of amides is 2. The monoisotopic (exact) mass is 476 g/mol. The molecule has 0 aliphatic heterocycles. The maximum Gasteiger partial charge on any atom is 0.262 e. The van der Waals surface area contributed by atoms with Crippen LogP contribution in [0.25, 0.3) is 0 Å². The molecule has 1 fully saturated rings. The molecular formula is C24H33ClN4O2S. The molecule has 2 atom stereocenters. The van der Waals surface area contributed by atoms with E-state index in [1.165, 1.54) is 24.2 Å². The summed E-state index contributed by atoms with van der Waals surface area (Å²) in [4.78, 5) is 31.6. The average molecular weight is 477 g/mol. The third-order valence-electron chi connectivity index (χ3n) is 5.80. The van der Waals surface area contributed by atoms with Gasteiger partial charge in [-0.15, -0.1) is 11.3 Å². The summed E-state index contributed by atoms with van der Waals surface area (Å²) in [6, 6.07) is 5.14. The summed E-state index contributed by atoms with van der Waals surface area (Å²) in [5.74, 6) is 0.197. The Balaban J connectivity index is 1.66. The molecule has 0 bridgehead atoms. The van der Waals surface area contributed by atoms with Crippen LogP contribution in [0.1, 0.15) is 79.2 Å². The van der Waals surface area contributed by atoms with Crippen LogP contribution in [0.2, 0.25) is 5.02 Å². The van der Waals surface area contributed by atoms with Crippen LogP contribution >= 0.6 is 22.9 Å². The summed E-state index contributed by atoms with van der Waals surface area (Å²) >= 11 is 7.50. The van der Waals surface area contributed by atoms with Gasteiger partial charge in [-0.25, -0.2) is 0 Å². The fourth-order valence-electron chi connectivity index (χ4n) is 4.09. The standard InChI is InChI=1S/C24H33ClN4O2S/c1-14(2)27-23(30)20(11-17-7-5-6-8-17)29-24(31)22-10-9-21(32-22)16(4)28-19-12-18(25)13-26-15(19)3/h9-10,12-14,16-17,20,28H,5-8,11H2,1-4H3,(H,27,30)(H,29,31). The van der Waals surface area contributed by atoms with Crippen LogP contribution in [0.3, 0.4) is 0 Å². The summed E-state index contributed by atoms with van der Waals surface area (Å²) in [7, 11) is 0. The molecule has 1 aliphatic carbocycles. The number of hydrogen-bond acceptors (Lipinski definition) is 5. The van der Waals surface area contributed by atoms with Crippen LogP contribution in [0.15, 0.2) is 24.4 Å². The number of carbonyl (C=O) groups is 2. The number of nitrogens with one attached hydrogen (secondary N) is 3. The van der Waals surface area contributed by atoms with Gasteiger partial charge in [-0.3, -0.25) is 14.6 Å². The highest BCUT2D eigenvalue weighted by Crippen LogP contribution is 2.30. The first-order valence-electron chi connectivity index (χ1n) is 11.3. The largest absolute Gasteiger partial charge is 0.376 e. The van der Waals surface area contributed by atoms with E-state index in [9.17, 15) is 9.59 Å². The van der Waals surface area contributed by atoms with Gasteiger partial charge in [0, 0.05) is 17.1 Å². The smallest absolute Gasteiger partial charge is 0.262 e. The number of hydrogen-bond donors (Lipinski definition) is 3. The summed E-state index contributed by atoms with van der Waals surface area (Å²) in [6.45, 7) is 7.82. The zero-order valence-electron chi connectivity index (χ0n) is 19.2. The number of carbonyl (C=O) groups excluding carboxylic acids is 2. The van der Waals surface area contributed by atoms with E-state index in [0.29, 0.717) is 22.2 Å². The van der Waals surface area contributed by atoms with E-state index >= 15 is 0 Å². The number of nitrogens with zero attached hydrogens (tertiary/aromatic N) is 1. The molecule has 3 N–H and O–H groups in total. The lowest BCUT2D eigenvalue weighted by atomic mass is 9.97. The Labute approximate surface area is 199 Å². The van der Waals surface area contributed by atoms with Crippen molar-refractivity contribution in [2.45, 2.75) is 77.9 Å². The van der Waals surface area contributed by atoms with E-state index < -0.39 is 6.04 Å². The van der Waals surface area contributed by atoms with Gasteiger partial charge in [0.2, 0.25) is 5.91 Å². The molecule has 2 aromatic heterocycles. The first-order chi connectivity index (χ1) is 15.2. The molecule has 2 aromatic rings. The Hall–Kier alpha value is -2.12. The average Bonchev–Trinajstić information content (AvgIpc) is 3.41. The molecule has 2 heterocycles. The quantitative estimate of drug-likeness (QED) is 0.447. The lowest BCUT2D eigenvalue weighted by molar-refractivity contribution is -0.123. The first-order valence-corrected chi connectivity index (χ1v) is 12.5. The number of thiophene rings is 1. The van der Waals surface area contributed by atoms with E-state index in [-0.39, 0.29) is 23.9 Å². The Bertz CT molecular complexity index is 940. The van der Waals surface area contributed by atoms with Crippen LogP contribution in [-0.2, 0) is 4.79 Å². The SMILES string of the molecule is Cc1ncc(Cl)cc1NC(C)c1ccc(C(=O)NC(CC2CCCC2)C(=O)NC(C)C)s1. The maximum absolute atomic E-state index is 13.0. The lowest BCUT2D eigenvalue weighted by Gasteiger charge is -2.22. The van der Waals surface area contributed by atoms with Gasteiger partial charge in [0.25, 0.3) is 5.91 Å². The minimum absolute atomic E-state index is 0.0148. The summed E-state index contributed by atoms with van der Waals surface area (Å²) in [6.07, 6.45) is 6.99. The van der Waals surface area contributed by atoms with Crippen LogP contribution in [-0.4, -0.2) is 28.9 Å². The predicted molar refractivity (Wildman–Crippen MR) is 131 cm³/mol. The molecule has 1 saturated carbocycles. The van der Waals surface area contributed by atoms with E-state index in [2.05, 4.69) is 20.9 Å². The molecule has 32 heavy (non-hydrogen) atoms. The number of rotatable bonds is 9. The third kappa shape index (κ3) is 6.69. The number of anilines is 1. The molecule has 0 saturated heterocycles. The van der Waals surface area contributed by atoms with Crippen molar-refractivity contribution < 1.29 is 9.59 Å². The number of pyridine rings is 1. The number of aryl methyl sites for hydroxylation is 1. The van der Waals surface area contributed by atoms with E-state index in [0.717, 1.165) is 29.1 Å². The zero-order valence-corrected chi connectivity index (χ0v) is 20.8. The second-order valence-corrected chi connectivity index (χ2v) is 10.5. The Morgan fingerprint density at radius 2 is 1.91 bits per heavy atom. The highest BCUT2D eigenvalue weighted by Gasteiger charge is 2.28. The van der Waals surface area contributed by atoms with Crippen LogP contribution < -0.4 is 16.0 Å². The number of aromatic nitrogens is 1. The molecule has 1 aliphatic rings. The van der Waals surface area contributed by atoms with Crippen molar-refractivity contribution in [1.29, 1.82) is 0 Å². The molecule has 2 unspecified atom stereocenters. The molecule has 0 spiro atoms. The van der Waals surface area contributed by atoms with Crippen molar-refractivity contribution in [3.05, 3.63) is 44.9 Å². The van der Waals surface area contributed by atoms with Crippen molar-refractivity contribution >= 4 is 40.4 Å². The second-order valence-electron chi connectivity index (χ2n) is 8.93. The van der Waals surface area contributed by atoms with E-state index in [1.807, 2.05) is 45.9 Å². The Kier molecular flexibility index (Phi) is 8.54. The molecule has 8 heteroatoms. The lowest BCUT2D eigenvalue weighted by Crippen LogP contribution is -2.49. The molecule has 0 aromatic carbocycles. The van der Waals surface area contributed by atoms with Gasteiger partial charge in [-0.05, 0) is 58.2 Å². The molecular weight excluding hydrogens is 444 g/mol. The second kappa shape index (κ2) is 11.1. The fourth-order valence-corrected chi connectivity index (χ4v) is 5.16. The van der Waals surface area contributed by atoms with Crippen LogP contribution in [0.4, 0.5) is 5.69 Å². The Morgan fingerprint density at radius 1 is 1.19 bits per heavy atom. The molecule has 174 valence electrons. The van der Waals surface area contributed by atoms with Crippen molar-refractivity contribution in [3.63, 3.8) is 0 Å². The van der Waals surface area contributed by atoms with Crippen molar-refractivity contribution in [3.8, 4) is 0 Å². The van der Waals surface area contributed by atoms with Gasteiger partial charge in [-0.2, -0.15) is 0 Å². The van der Waals surface area contributed by atoms with Gasteiger partial charge in [0.05, 0.1) is 27.3 Å². The van der Waals surface area contributed by atoms with Crippen LogP contribution in [0.5, 0.6) is 0 Å². The first kappa shape index (κ1) is 24.5. The van der Waals surface area contributed by atoms with Crippen molar-refractivity contribution in [2.24, 2.45) is 5.92 Å². The predicted octanol–water partition coefficient (Wildman–Crippen LogP) is 5.48. The third-order valence-corrected chi connectivity index (χ3v) is 7.27. The van der Waals surface area contributed by atoms with Crippen molar-refractivity contribution in [2.75, 3.05) is 5.32 Å². The van der Waals surface area contributed by atoms with Crippen LogP contribution in [0, 0.1) is 12.8 Å². The van der Waals surface area contributed by atoms with Gasteiger partial charge >= 0.3 is 0 Å². The molecule has 0 radical (unpaired) electrons. The minimum atomic E-state index is -0.505. The summed E-state index contributed by atoms with van der Waals surface area (Å²) in [5.41, 5.74) is 1.73. The van der Waals surface area contributed by atoms with Gasteiger partial charge in [-0.1, -0.05) is 37.3 Å². The summed E-state index contributed by atoms with van der Waals surface area (Å²) < 4.78 is 0. The molecule has 2 amide bonds. The minimum Gasteiger partial charge on any atom is -0.376 e. The highest BCUT2D eigenvalue weighted by atomic mass is 35.5. The topological polar surface area (TPSA) is 83.1 Å². The maximum atomic E-state index is 13.0. The van der Waals surface area contributed by atoms with E-state index in [1.54, 1.807) is 6.20 Å².